The van der Waals surface area contributed by atoms with Crippen LogP contribution in [0.15, 0.2) is 276 Å². The molecular weight excluding hydrogens is 1810 g/mol. The summed E-state index contributed by atoms with van der Waals surface area (Å²) in [6.07, 6.45) is 19.8. The fourth-order valence-corrected chi connectivity index (χ4v) is 17.3. The van der Waals surface area contributed by atoms with E-state index in [0.29, 0.717) is 86.0 Å². The van der Waals surface area contributed by atoms with Crippen molar-refractivity contribution < 1.29 is 57.6 Å². The molecule has 12 heterocycles. The molecule has 25 nitrogen and oxygen atoms in total. The second kappa shape index (κ2) is 41.1. The maximum absolute atomic E-state index is 13.5. The van der Waals surface area contributed by atoms with E-state index < -0.39 is 56.5 Å². The van der Waals surface area contributed by atoms with Crippen molar-refractivity contribution in [2.24, 2.45) is 0 Å². The molecule has 17 rings (SSSR count). The van der Waals surface area contributed by atoms with Crippen LogP contribution in [0.1, 0.15) is 62.4 Å². The summed E-state index contributed by atoms with van der Waals surface area (Å²) in [5, 5.41) is 20.3. The molecule has 616 valence electrons. The summed E-state index contributed by atoms with van der Waals surface area (Å²) in [4.78, 5) is 84.6. The summed E-state index contributed by atoms with van der Waals surface area (Å²) in [5.74, 6) is -5.40. The van der Waals surface area contributed by atoms with Gasteiger partial charge >= 0.3 is 11.6 Å². The number of carbonyl (C=O) groups is 3. The molecule has 38 heteroatoms. The first-order valence-electron chi connectivity index (χ1n) is 36.2. The van der Waals surface area contributed by atoms with Crippen LogP contribution in [0.4, 0.5) is 43.8 Å². The van der Waals surface area contributed by atoms with Crippen molar-refractivity contribution in [2.75, 3.05) is 16.0 Å². The van der Waals surface area contributed by atoms with Gasteiger partial charge in [0.25, 0.3) is 27.7 Å². The van der Waals surface area contributed by atoms with Gasteiger partial charge in [0.05, 0.1) is 50.4 Å². The number of para-hydroxylation sites is 1. The normalized spacial score (nSPS) is 10.9. The number of halogens is 8. The second-order valence-corrected chi connectivity index (χ2v) is 33.4. The SMILES string of the molecule is O=C(NCc1ccc(F)c(F)c1)c1cccnc1NCc1ccc(-c2c[nH]c3ncncc23)s1.O=C(NCc1ccc(F)c(F)c1)c1cccnc1NCc1ccc(-c2cn(-c3ccccc3)c3ncncc23)s1.O=C(NCc1ccc(F)c(F)c1)c1cccnc1NCc1ccc(Br)s1.O=S(=O)(c1ccccc1)n1cc(Br)c2cncnc21.O=S=O. The highest BCUT2D eigenvalue weighted by Gasteiger charge is 2.24. The van der Waals surface area contributed by atoms with Crippen LogP contribution in [0.3, 0.4) is 0 Å². The molecule has 122 heavy (non-hydrogen) atoms. The first-order valence-corrected chi connectivity index (χ1v) is 42.3. The average molecular weight is 1870 g/mol. The number of hydrogen-bond acceptors (Lipinski definition) is 22. The van der Waals surface area contributed by atoms with Crippen LogP contribution in [0.25, 0.3) is 59.7 Å². The van der Waals surface area contributed by atoms with Crippen LogP contribution in [0.5, 0.6) is 0 Å². The molecule has 0 aliphatic heterocycles. The average Bonchev–Trinajstić information content (AvgIpc) is 1.62. The molecule has 0 aliphatic rings. The van der Waals surface area contributed by atoms with E-state index in [4.69, 9.17) is 8.42 Å². The van der Waals surface area contributed by atoms with Crippen molar-refractivity contribution in [2.45, 2.75) is 44.2 Å². The molecule has 0 bridgehead atoms. The van der Waals surface area contributed by atoms with E-state index in [1.165, 1.54) is 37.1 Å². The standard InChI is InChI=1S/C30H22F2N6OS.C24H18F2N6OS.C18H14BrF2N3OS.C12H8BrN3O2S.O2S/c31-25-10-8-19(13-26(25)32)14-36-30(39)22-7-4-12-34-28(22)35-15-21-9-11-27(40-21)24-17-38(20-5-2-1-3-6-20)29-23(24)16-33-18-37-29;25-19-5-3-14(8-20(19)26)9-31-24(33)16-2-1-7-28-22(16)29-10-15-4-6-21(34-15)17-12-30-23-18(17)11-27-13-32-23;19-16-6-4-12(26-16)10-23-17-13(2-1-7-22-17)18(25)24-9-11-3-5-14(20)15(21)8-11;13-11-7-16(12-10(11)6-14-8-15-12)19(17,18)9-4-2-1-3-5-9;1-3-2/h1-13,16-18H,14-15H2,(H,34,35)(H,36,39);1-8,11-13H,9-10H2,(H,28,29)(H,31,33)(H,27,30,32);1-8H,9-10H2,(H,22,23)(H,24,25);1-8H;. The summed E-state index contributed by atoms with van der Waals surface area (Å²) in [6.45, 7) is 1.67. The maximum Gasteiger partial charge on any atom is 0.335 e. The highest BCUT2D eigenvalue weighted by Crippen LogP contribution is 2.38. The van der Waals surface area contributed by atoms with Gasteiger partial charge in [-0.05, 0) is 182 Å². The van der Waals surface area contributed by atoms with E-state index >= 15 is 0 Å². The molecule has 17 aromatic rings. The number of amides is 3. The number of H-pyrrole nitrogens is 1. The number of pyridine rings is 3. The number of anilines is 3. The van der Waals surface area contributed by atoms with Crippen molar-refractivity contribution in [3.8, 4) is 26.6 Å². The Morgan fingerprint density at radius 1 is 0.434 bits per heavy atom. The number of thiophene rings is 3. The van der Waals surface area contributed by atoms with Crippen LogP contribution < -0.4 is 31.9 Å². The maximum atomic E-state index is 13.5. The van der Waals surface area contributed by atoms with Gasteiger partial charge in [-0.2, -0.15) is 8.42 Å². The van der Waals surface area contributed by atoms with Crippen molar-refractivity contribution in [3.05, 3.63) is 354 Å². The van der Waals surface area contributed by atoms with Crippen LogP contribution in [0.2, 0.25) is 0 Å². The van der Waals surface area contributed by atoms with Gasteiger partial charge < -0.3 is 41.5 Å². The molecule has 0 spiro atoms. The summed E-state index contributed by atoms with van der Waals surface area (Å²) >= 11 is 10.8. The Morgan fingerprint density at radius 2 is 0.861 bits per heavy atom. The molecule has 0 saturated carbocycles. The van der Waals surface area contributed by atoms with Gasteiger partial charge in [-0.15, -0.1) is 34.0 Å². The van der Waals surface area contributed by atoms with Gasteiger partial charge in [-0.3, -0.25) is 14.4 Å². The minimum atomic E-state index is -3.65. The van der Waals surface area contributed by atoms with Crippen LogP contribution in [0, 0.1) is 34.9 Å². The number of benzene rings is 5. The van der Waals surface area contributed by atoms with E-state index in [0.717, 1.165) is 107 Å². The van der Waals surface area contributed by atoms with E-state index in [-0.39, 0.29) is 42.3 Å². The zero-order valence-electron chi connectivity index (χ0n) is 62.9. The van der Waals surface area contributed by atoms with E-state index in [9.17, 15) is 49.1 Å². The van der Waals surface area contributed by atoms with Crippen molar-refractivity contribution in [1.29, 1.82) is 0 Å². The Bertz CT molecular complexity index is 6740. The number of nitrogens with one attached hydrogen (secondary N) is 7. The lowest BCUT2D eigenvalue weighted by molar-refractivity contribution is 0.0943. The molecule has 3 amide bonds. The number of aromatic nitrogens is 12. The molecule has 0 aliphatic carbocycles. The number of nitrogens with zero attached hydrogens (tertiary/aromatic N) is 11. The smallest absolute Gasteiger partial charge is 0.335 e. The van der Waals surface area contributed by atoms with E-state index in [1.807, 2.05) is 73.1 Å². The van der Waals surface area contributed by atoms with E-state index in [2.05, 4.69) is 130 Å². The number of fused-ring (bicyclic) bond motifs is 3. The molecule has 5 aromatic carbocycles. The fourth-order valence-electron chi connectivity index (χ4n) is 12.0. The molecule has 0 radical (unpaired) electrons. The number of rotatable bonds is 23. The first-order chi connectivity index (χ1) is 59.2. The third-order valence-electron chi connectivity index (χ3n) is 17.8. The minimum absolute atomic E-state index is 0.0545. The third kappa shape index (κ3) is 21.8. The lowest BCUT2D eigenvalue weighted by Gasteiger charge is -2.11. The van der Waals surface area contributed by atoms with Gasteiger partial charge in [0.15, 0.2) is 40.6 Å². The topological polar surface area (TPSA) is 333 Å². The first kappa shape index (κ1) is 86.5. The van der Waals surface area contributed by atoms with E-state index in [1.54, 1.807) is 138 Å². The number of hydrogen-bond donors (Lipinski definition) is 7. The molecule has 0 saturated heterocycles. The van der Waals surface area contributed by atoms with Gasteiger partial charge in [0.2, 0.25) is 0 Å². The minimum Gasteiger partial charge on any atom is -0.365 e. The Kier molecular flexibility index (Phi) is 29.1. The highest BCUT2D eigenvalue weighted by molar-refractivity contribution is 9.11. The zero-order chi connectivity index (χ0) is 85.7. The predicted octanol–water partition coefficient (Wildman–Crippen LogP) is 17.8. The number of aromatic amines is 1. The monoisotopic (exact) mass is 1870 g/mol. The van der Waals surface area contributed by atoms with Gasteiger partial charge in [0, 0.05) is 132 Å². The van der Waals surface area contributed by atoms with Crippen molar-refractivity contribution >= 4 is 156 Å². The Morgan fingerprint density at radius 3 is 1.33 bits per heavy atom. The Labute approximate surface area is 722 Å². The molecule has 0 fully saturated rings. The molecule has 12 aromatic heterocycles. The Hall–Kier alpha value is -13.4. The number of carbonyl (C=O) groups excluding carboxylic acids is 3. The highest BCUT2D eigenvalue weighted by atomic mass is 79.9. The zero-order valence-corrected chi connectivity index (χ0v) is 70.2. The summed E-state index contributed by atoms with van der Waals surface area (Å²) in [5.41, 5.74) is 7.52. The van der Waals surface area contributed by atoms with Crippen molar-refractivity contribution in [1.82, 2.24) is 74.3 Å². The van der Waals surface area contributed by atoms with Gasteiger partial charge in [-0.25, -0.2) is 83.6 Å². The summed E-state index contributed by atoms with van der Waals surface area (Å²) in [7, 11) is -3.65. The molecule has 0 unspecified atom stereocenters. The largest absolute Gasteiger partial charge is 0.365 e. The second-order valence-electron chi connectivity index (χ2n) is 25.7. The Balaban J connectivity index is 0.000000143. The molecule has 7 N–H and O–H groups in total. The molecular formula is C84H62Br2F6N18O7S5. The van der Waals surface area contributed by atoms with Crippen LogP contribution in [-0.2, 0) is 60.9 Å². The predicted molar refractivity (Wildman–Crippen MR) is 462 cm³/mol. The quantitative estimate of drug-likeness (QED) is 0.0293. The lowest BCUT2D eigenvalue weighted by atomic mass is 10.2. The van der Waals surface area contributed by atoms with Gasteiger partial charge in [0.1, 0.15) is 47.7 Å². The molecule has 0 atom stereocenters. The third-order valence-corrected chi connectivity index (χ3v) is 23.9. The lowest BCUT2D eigenvalue weighted by Crippen LogP contribution is -2.24. The van der Waals surface area contributed by atoms with Crippen LogP contribution in [-0.4, -0.2) is 92.9 Å². The fraction of sp³-hybridized carbons (Fsp3) is 0.0714. The van der Waals surface area contributed by atoms with Crippen molar-refractivity contribution in [3.63, 3.8) is 0 Å². The summed E-state index contributed by atoms with van der Waals surface area (Å²) in [6, 6.07) is 50.9. The summed E-state index contributed by atoms with van der Waals surface area (Å²) < 4.78 is 126. The van der Waals surface area contributed by atoms with Crippen LogP contribution >= 0.6 is 65.9 Å². The van der Waals surface area contributed by atoms with Gasteiger partial charge in [-0.1, -0.05) is 54.6 Å².